The van der Waals surface area contributed by atoms with Crippen molar-refractivity contribution >= 4 is 29.8 Å². The maximum Gasteiger partial charge on any atom is 0.355 e. The van der Waals surface area contributed by atoms with E-state index in [1.165, 1.54) is 12.1 Å². The molecular weight excluding hydrogens is 352 g/mol. The highest BCUT2D eigenvalue weighted by Gasteiger charge is 2.24. The Morgan fingerprint density at radius 1 is 1.07 bits per heavy atom. The van der Waals surface area contributed by atoms with Crippen LogP contribution in [0.4, 0.5) is 5.69 Å². The van der Waals surface area contributed by atoms with Gasteiger partial charge in [-0.1, -0.05) is 6.08 Å². The highest BCUT2D eigenvalue weighted by molar-refractivity contribution is 6.01. The Balaban J connectivity index is 2.41. The summed E-state index contributed by atoms with van der Waals surface area (Å²) in [4.78, 5) is 37.5. The average molecular weight is 372 g/mol. The van der Waals surface area contributed by atoms with E-state index in [-0.39, 0.29) is 30.2 Å². The summed E-state index contributed by atoms with van der Waals surface area (Å²) in [6, 6.07) is 5.94. The number of aromatic nitrogens is 1. The molecule has 27 heavy (non-hydrogen) atoms. The van der Waals surface area contributed by atoms with Gasteiger partial charge in [0.05, 0.1) is 29.4 Å². The fourth-order valence-electron chi connectivity index (χ4n) is 2.50. The first-order valence-electron chi connectivity index (χ1n) is 8.38. The van der Waals surface area contributed by atoms with Gasteiger partial charge in [0.15, 0.2) is 0 Å². The van der Waals surface area contributed by atoms with Gasteiger partial charge in [0.25, 0.3) is 5.69 Å². The van der Waals surface area contributed by atoms with Crippen LogP contribution in [0.3, 0.4) is 0 Å². The number of nitro benzene ring substituents is 1. The van der Waals surface area contributed by atoms with Gasteiger partial charge in [-0.2, -0.15) is 0 Å². The molecule has 142 valence electrons. The molecule has 0 bridgehead atoms. The SMILES string of the molecule is CCOC(=O)c1[nH]c(/C=C/c2ccc([N+](=O)[O-])cc2)c(C(=O)OCC)c1C. The zero-order valence-electron chi connectivity index (χ0n) is 15.3. The number of H-pyrrole nitrogens is 1. The van der Waals surface area contributed by atoms with Gasteiger partial charge in [-0.25, -0.2) is 9.59 Å². The largest absolute Gasteiger partial charge is 0.462 e. The summed E-state index contributed by atoms with van der Waals surface area (Å²) in [6.07, 6.45) is 3.29. The molecule has 0 saturated carbocycles. The Morgan fingerprint density at radius 2 is 1.67 bits per heavy atom. The number of aromatic amines is 1. The van der Waals surface area contributed by atoms with Crippen LogP contribution in [0.15, 0.2) is 24.3 Å². The Morgan fingerprint density at radius 3 is 2.22 bits per heavy atom. The highest BCUT2D eigenvalue weighted by atomic mass is 16.6. The topological polar surface area (TPSA) is 112 Å². The zero-order chi connectivity index (χ0) is 20.0. The van der Waals surface area contributed by atoms with Crippen molar-refractivity contribution in [1.29, 1.82) is 0 Å². The molecule has 1 N–H and O–H groups in total. The van der Waals surface area contributed by atoms with Crippen molar-refractivity contribution in [2.75, 3.05) is 13.2 Å². The molecule has 8 nitrogen and oxygen atoms in total. The van der Waals surface area contributed by atoms with Gasteiger partial charge < -0.3 is 14.5 Å². The zero-order valence-corrected chi connectivity index (χ0v) is 15.3. The highest BCUT2D eigenvalue weighted by Crippen LogP contribution is 2.23. The molecule has 0 saturated heterocycles. The van der Waals surface area contributed by atoms with E-state index in [0.717, 1.165) is 0 Å². The van der Waals surface area contributed by atoms with Gasteiger partial charge in [-0.15, -0.1) is 0 Å². The summed E-state index contributed by atoms with van der Waals surface area (Å²) in [7, 11) is 0. The molecule has 0 amide bonds. The molecule has 0 aliphatic heterocycles. The number of ether oxygens (including phenoxy) is 2. The van der Waals surface area contributed by atoms with E-state index in [1.54, 1.807) is 45.1 Å². The number of non-ortho nitro benzene ring substituents is 1. The molecule has 8 heteroatoms. The minimum absolute atomic E-state index is 0.0142. The third-order valence-electron chi connectivity index (χ3n) is 3.78. The first-order valence-corrected chi connectivity index (χ1v) is 8.38. The number of benzene rings is 1. The van der Waals surface area contributed by atoms with Gasteiger partial charge in [0.1, 0.15) is 5.69 Å². The summed E-state index contributed by atoms with van der Waals surface area (Å²) in [5, 5.41) is 10.7. The van der Waals surface area contributed by atoms with Crippen LogP contribution in [-0.4, -0.2) is 35.1 Å². The van der Waals surface area contributed by atoms with Gasteiger partial charge in [0.2, 0.25) is 0 Å². The van der Waals surface area contributed by atoms with Crippen molar-refractivity contribution in [1.82, 2.24) is 4.98 Å². The van der Waals surface area contributed by atoms with E-state index < -0.39 is 16.9 Å². The predicted molar refractivity (Wildman–Crippen MR) is 99.5 cm³/mol. The Labute approximate surface area is 155 Å². The summed E-state index contributed by atoms with van der Waals surface area (Å²) < 4.78 is 10.1. The summed E-state index contributed by atoms with van der Waals surface area (Å²) in [5.41, 5.74) is 1.95. The minimum atomic E-state index is -0.560. The number of nitrogens with one attached hydrogen (secondary N) is 1. The number of hydrogen-bond acceptors (Lipinski definition) is 6. The van der Waals surface area contributed by atoms with Crippen LogP contribution < -0.4 is 0 Å². The quantitative estimate of drug-likeness (QED) is 0.450. The molecular formula is C19H20N2O6. The number of hydrogen-bond donors (Lipinski definition) is 1. The molecule has 0 radical (unpaired) electrons. The third-order valence-corrected chi connectivity index (χ3v) is 3.78. The standard InChI is InChI=1S/C19H20N2O6/c1-4-26-18(22)16-12(3)17(19(23)27-5-2)20-15(16)11-8-13-6-9-14(10-7-13)21(24)25/h6-11,20H,4-5H2,1-3H3/b11-8+. The van der Waals surface area contributed by atoms with Gasteiger partial charge >= 0.3 is 11.9 Å². The Bertz CT molecular complexity index is 880. The number of carbonyl (C=O) groups excluding carboxylic acids is 2. The van der Waals surface area contributed by atoms with E-state index in [4.69, 9.17) is 9.47 Å². The van der Waals surface area contributed by atoms with Gasteiger partial charge in [-0.05, 0) is 50.1 Å². The molecule has 2 aromatic rings. The van der Waals surface area contributed by atoms with Crippen LogP contribution in [0.25, 0.3) is 12.2 Å². The number of rotatable bonds is 7. The number of esters is 2. The lowest BCUT2D eigenvalue weighted by Crippen LogP contribution is -2.09. The van der Waals surface area contributed by atoms with Crippen LogP contribution in [0.2, 0.25) is 0 Å². The maximum atomic E-state index is 12.3. The molecule has 0 unspecified atom stereocenters. The summed E-state index contributed by atoms with van der Waals surface area (Å²) >= 11 is 0. The molecule has 2 rings (SSSR count). The lowest BCUT2D eigenvalue weighted by atomic mass is 10.1. The van der Waals surface area contributed by atoms with E-state index in [2.05, 4.69) is 4.98 Å². The van der Waals surface area contributed by atoms with Crippen molar-refractivity contribution < 1.29 is 24.0 Å². The predicted octanol–water partition coefficient (Wildman–Crippen LogP) is 3.76. The molecule has 0 aliphatic rings. The second-order valence-corrected chi connectivity index (χ2v) is 5.54. The molecule has 0 fully saturated rings. The second-order valence-electron chi connectivity index (χ2n) is 5.54. The Kier molecular flexibility index (Phi) is 6.48. The van der Waals surface area contributed by atoms with E-state index in [0.29, 0.717) is 16.8 Å². The van der Waals surface area contributed by atoms with Crippen molar-refractivity contribution in [3.63, 3.8) is 0 Å². The molecule has 1 heterocycles. The van der Waals surface area contributed by atoms with Crippen molar-refractivity contribution in [3.8, 4) is 0 Å². The first-order chi connectivity index (χ1) is 12.9. The van der Waals surface area contributed by atoms with Crippen LogP contribution in [0, 0.1) is 17.0 Å². The number of carbonyl (C=O) groups is 2. The molecule has 1 aromatic heterocycles. The van der Waals surface area contributed by atoms with Crippen molar-refractivity contribution in [3.05, 3.63) is 62.5 Å². The Hall–Kier alpha value is -3.42. The molecule has 0 aliphatic carbocycles. The lowest BCUT2D eigenvalue weighted by molar-refractivity contribution is -0.384. The van der Waals surface area contributed by atoms with Crippen LogP contribution in [-0.2, 0) is 9.47 Å². The van der Waals surface area contributed by atoms with Gasteiger partial charge in [0, 0.05) is 12.1 Å². The monoisotopic (exact) mass is 372 g/mol. The van der Waals surface area contributed by atoms with E-state index in [1.807, 2.05) is 0 Å². The van der Waals surface area contributed by atoms with Crippen molar-refractivity contribution in [2.45, 2.75) is 20.8 Å². The number of nitro groups is 1. The van der Waals surface area contributed by atoms with E-state index in [9.17, 15) is 19.7 Å². The summed E-state index contributed by atoms with van der Waals surface area (Å²) in [5.74, 6) is -1.11. The van der Waals surface area contributed by atoms with Crippen molar-refractivity contribution in [2.24, 2.45) is 0 Å². The smallest absolute Gasteiger partial charge is 0.355 e. The average Bonchev–Trinajstić information content (AvgIpc) is 2.97. The molecule has 1 aromatic carbocycles. The normalized spacial score (nSPS) is 10.8. The second kappa shape index (κ2) is 8.79. The fourth-order valence-corrected chi connectivity index (χ4v) is 2.50. The molecule has 0 atom stereocenters. The minimum Gasteiger partial charge on any atom is -0.462 e. The van der Waals surface area contributed by atoms with Crippen LogP contribution in [0.5, 0.6) is 0 Å². The van der Waals surface area contributed by atoms with Crippen LogP contribution in [0.1, 0.15) is 51.5 Å². The fraction of sp³-hybridized carbons (Fsp3) is 0.263. The number of nitrogens with zero attached hydrogens (tertiary/aromatic N) is 1. The lowest BCUT2D eigenvalue weighted by Gasteiger charge is -2.03. The maximum absolute atomic E-state index is 12.3. The van der Waals surface area contributed by atoms with E-state index >= 15 is 0 Å². The van der Waals surface area contributed by atoms with Gasteiger partial charge in [-0.3, -0.25) is 10.1 Å². The first kappa shape index (κ1) is 19.9. The molecule has 0 spiro atoms. The summed E-state index contributed by atoms with van der Waals surface area (Å²) in [6.45, 7) is 5.43. The third kappa shape index (κ3) is 4.60. The van der Waals surface area contributed by atoms with Crippen LogP contribution >= 0.6 is 0 Å².